The van der Waals surface area contributed by atoms with E-state index in [0.717, 1.165) is 44.8 Å². The number of carbonyl (C=O) groups excluding carboxylic acids is 2. The molecule has 3 nitrogen and oxygen atoms in total. The topological polar surface area (TPSA) is 46.2 Å². The van der Waals surface area contributed by atoms with Gasteiger partial charge in [-0.1, -0.05) is 13.8 Å². The maximum atomic E-state index is 12.2. The van der Waals surface area contributed by atoms with Gasteiger partial charge in [-0.2, -0.15) is 0 Å². The van der Waals surface area contributed by atoms with Crippen LogP contribution >= 0.6 is 0 Å². The summed E-state index contributed by atoms with van der Waals surface area (Å²) in [6, 6.07) is 0.379. The van der Waals surface area contributed by atoms with E-state index >= 15 is 0 Å². The van der Waals surface area contributed by atoms with Crippen molar-refractivity contribution in [3.05, 3.63) is 0 Å². The molecule has 0 heterocycles. The Labute approximate surface area is 116 Å². The van der Waals surface area contributed by atoms with E-state index in [2.05, 4.69) is 19.2 Å². The number of hydrogen-bond donors (Lipinski definition) is 1. The van der Waals surface area contributed by atoms with Gasteiger partial charge < -0.3 is 10.1 Å². The van der Waals surface area contributed by atoms with E-state index in [1.54, 1.807) is 0 Å². The largest absolute Gasteiger partial charge is 0.353 e. The molecule has 0 bridgehead atoms. The Morgan fingerprint density at radius 3 is 2.16 bits per heavy atom. The van der Waals surface area contributed by atoms with Crippen molar-refractivity contribution in [2.75, 3.05) is 0 Å². The zero-order valence-electron chi connectivity index (χ0n) is 12.3. The molecule has 108 valence electrons. The standard InChI is InChI=1S/C16H27NO2/c1-16(2)9-7-14(8-10-16)17-15(19)13-5-3-12(11-18)4-6-13/h11-14H,3-10H2,1-2H3,(H,17,19). The summed E-state index contributed by atoms with van der Waals surface area (Å²) < 4.78 is 0. The molecule has 0 aliphatic heterocycles. The second kappa shape index (κ2) is 6.06. The van der Waals surface area contributed by atoms with E-state index in [1.165, 1.54) is 12.8 Å². The van der Waals surface area contributed by atoms with Gasteiger partial charge in [-0.3, -0.25) is 4.79 Å². The SMILES string of the molecule is CC1(C)CCC(NC(=O)C2CCC(C=O)CC2)CC1. The lowest BCUT2D eigenvalue weighted by molar-refractivity contribution is -0.128. The van der Waals surface area contributed by atoms with Gasteiger partial charge in [0.25, 0.3) is 0 Å². The highest BCUT2D eigenvalue weighted by Crippen LogP contribution is 2.35. The number of carbonyl (C=O) groups is 2. The fraction of sp³-hybridized carbons (Fsp3) is 0.875. The molecule has 0 spiro atoms. The summed E-state index contributed by atoms with van der Waals surface area (Å²) in [5.74, 6) is 0.569. The minimum atomic E-state index is 0.145. The number of amides is 1. The van der Waals surface area contributed by atoms with Crippen molar-refractivity contribution in [1.82, 2.24) is 5.32 Å². The fourth-order valence-corrected chi connectivity index (χ4v) is 3.38. The predicted molar refractivity (Wildman–Crippen MR) is 75.7 cm³/mol. The van der Waals surface area contributed by atoms with Crippen molar-refractivity contribution in [3.63, 3.8) is 0 Å². The first-order valence-electron chi connectivity index (χ1n) is 7.76. The summed E-state index contributed by atoms with van der Waals surface area (Å²) in [7, 11) is 0. The second-order valence-electron chi connectivity index (χ2n) is 7.19. The van der Waals surface area contributed by atoms with Gasteiger partial charge in [0.1, 0.15) is 6.29 Å². The normalized spacial score (nSPS) is 31.7. The van der Waals surface area contributed by atoms with Crippen LogP contribution in [0.1, 0.15) is 65.2 Å². The van der Waals surface area contributed by atoms with Crippen LogP contribution in [-0.2, 0) is 9.59 Å². The number of aldehydes is 1. The number of rotatable bonds is 3. The molecule has 1 amide bonds. The highest BCUT2D eigenvalue weighted by atomic mass is 16.2. The third-order valence-electron chi connectivity index (χ3n) is 5.02. The Morgan fingerprint density at radius 1 is 1.05 bits per heavy atom. The van der Waals surface area contributed by atoms with Crippen LogP contribution in [0.2, 0.25) is 0 Å². The molecule has 0 aromatic rings. The van der Waals surface area contributed by atoms with Gasteiger partial charge in [0.05, 0.1) is 0 Å². The van der Waals surface area contributed by atoms with Gasteiger partial charge in [-0.05, 0) is 56.8 Å². The molecule has 2 saturated carbocycles. The molecule has 19 heavy (non-hydrogen) atoms. The van der Waals surface area contributed by atoms with Crippen molar-refractivity contribution in [3.8, 4) is 0 Å². The molecule has 0 atom stereocenters. The molecule has 2 aliphatic carbocycles. The van der Waals surface area contributed by atoms with Crippen molar-refractivity contribution < 1.29 is 9.59 Å². The van der Waals surface area contributed by atoms with E-state index in [-0.39, 0.29) is 17.7 Å². The summed E-state index contributed by atoms with van der Waals surface area (Å²) >= 11 is 0. The van der Waals surface area contributed by atoms with Gasteiger partial charge in [-0.25, -0.2) is 0 Å². The summed E-state index contributed by atoms with van der Waals surface area (Å²) in [6.45, 7) is 4.62. The minimum absolute atomic E-state index is 0.145. The zero-order valence-corrected chi connectivity index (χ0v) is 12.3. The maximum absolute atomic E-state index is 12.2. The fourth-order valence-electron chi connectivity index (χ4n) is 3.38. The van der Waals surface area contributed by atoms with Crippen LogP contribution in [0.5, 0.6) is 0 Å². The van der Waals surface area contributed by atoms with Crippen LogP contribution in [0.15, 0.2) is 0 Å². The van der Waals surface area contributed by atoms with Crippen molar-refractivity contribution in [2.24, 2.45) is 17.3 Å². The Balaban J connectivity index is 1.74. The lowest BCUT2D eigenvalue weighted by Crippen LogP contribution is -2.42. The third kappa shape index (κ3) is 4.05. The molecule has 2 rings (SSSR count). The molecule has 2 fully saturated rings. The van der Waals surface area contributed by atoms with Gasteiger partial charge in [0.15, 0.2) is 0 Å². The molecular weight excluding hydrogens is 238 g/mol. The highest BCUT2D eigenvalue weighted by Gasteiger charge is 2.30. The lowest BCUT2D eigenvalue weighted by Gasteiger charge is -2.35. The first kappa shape index (κ1) is 14.5. The first-order chi connectivity index (χ1) is 9.00. The van der Waals surface area contributed by atoms with Crippen LogP contribution in [0, 0.1) is 17.3 Å². The molecule has 0 aromatic carbocycles. The van der Waals surface area contributed by atoms with Crippen molar-refractivity contribution in [1.29, 1.82) is 0 Å². The molecule has 0 aromatic heterocycles. The molecule has 3 heteroatoms. The van der Waals surface area contributed by atoms with Crippen molar-refractivity contribution in [2.45, 2.75) is 71.3 Å². The summed E-state index contributed by atoms with van der Waals surface area (Å²) in [6.07, 6.45) is 9.23. The Kier molecular flexibility index (Phi) is 4.64. The summed E-state index contributed by atoms with van der Waals surface area (Å²) in [4.78, 5) is 22.9. The molecule has 0 radical (unpaired) electrons. The van der Waals surface area contributed by atoms with E-state index in [0.29, 0.717) is 11.5 Å². The number of nitrogens with one attached hydrogen (secondary N) is 1. The maximum Gasteiger partial charge on any atom is 0.223 e. The van der Waals surface area contributed by atoms with Crippen LogP contribution in [0.4, 0.5) is 0 Å². The Hall–Kier alpha value is -0.860. The quantitative estimate of drug-likeness (QED) is 0.797. The zero-order chi connectivity index (χ0) is 13.9. The van der Waals surface area contributed by atoms with Gasteiger partial charge >= 0.3 is 0 Å². The van der Waals surface area contributed by atoms with E-state index < -0.39 is 0 Å². The van der Waals surface area contributed by atoms with Gasteiger partial charge in [0, 0.05) is 17.9 Å². The van der Waals surface area contributed by atoms with Crippen LogP contribution in [0.3, 0.4) is 0 Å². The highest BCUT2D eigenvalue weighted by molar-refractivity contribution is 5.79. The smallest absolute Gasteiger partial charge is 0.223 e. The lowest BCUT2D eigenvalue weighted by atomic mass is 9.75. The number of hydrogen-bond acceptors (Lipinski definition) is 2. The molecule has 1 N–H and O–H groups in total. The molecular formula is C16H27NO2. The van der Waals surface area contributed by atoms with Gasteiger partial charge in [-0.15, -0.1) is 0 Å². The molecule has 2 aliphatic rings. The molecule has 0 unspecified atom stereocenters. The average molecular weight is 265 g/mol. The van der Waals surface area contributed by atoms with Crippen LogP contribution in [-0.4, -0.2) is 18.2 Å². The summed E-state index contributed by atoms with van der Waals surface area (Å²) in [5.41, 5.74) is 0.448. The van der Waals surface area contributed by atoms with E-state index in [4.69, 9.17) is 0 Å². The predicted octanol–water partition coefficient (Wildman–Crippen LogP) is 3.08. The van der Waals surface area contributed by atoms with E-state index in [9.17, 15) is 9.59 Å². The van der Waals surface area contributed by atoms with Crippen LogP contribution < -0.4 is 5.32 Å². The van der Waals surface area contributed by atoms with Crippen molar-refractivity contribution >= 4 is 12.2 Å². The molecule has 0 saturated heterocycles. The average Bonchev–Trinajstić information content (AvgIpc) is 2.41. The Bertz CT molecular complexity index is 320. The third-order valence-corrected chi connectivity index (χ3v) is 5.02. The second-order valence-corrected chi connectivity index (χ2v) is 7.19. The Morgan fingerprint density at radius 2 is 1.63 bits per heavy atom. The first-order valence-corrected chi connectivity index (χ1v) is 7.76. The monoisotopic (exact) mass is 265 g/mol. The van der Waals surface area contributed by atoms with E-state index in [1.807, 2.05) is 0 Å². The van der Waals surface area contributed by atoms with Gasteiger partial charge in [0.2, 0.25) is 5.91 Å². The minimum Gasteiger partial charge on any atom is -0.353 e. The van der Waals surface area contributed by atoms with Crippen LogP contribution in [0.25, 0.3) is 0 Å². The summed E-state index contributed by atoms with van der Waals surface area (Å²) in [5, 5.41) is 3.23.